The molecule has 156 valence electrons. The number of rotatable bonds is 9. The number of hydrogen-bond acceptors (Lipinski definition) is 5. The van der Waals surface area contributed by atoms with Gasteiger partial charge >= 0.3 is 0 Å². The van der Waals surface area contributed by atoms with E-state index in [4.69, 9.17) is 9.47 Å². The molecule has 8 nitrogen and oxygen atoms in total. The van der Waals surface area contributed by atoms with E-state index in [2.05, 4.69) is 44.0 Å². The van der Waals surface area contributed by atoms with Gasteiger partial charge in [-0.25, -0.2) is 4.99 Å². The summed E-state index contributed by atoms with van der Waals surface area (Å²) in [6.07, 6.45) is 0.866. The van der Waals surface area contributed by atoms with Crippen LogP contribution in [0.25, 0.3) is 0 Å². The molecule has 1 aromatic heterocycles. The first kappa shape index (κ1) is 24.2. The Morgan fingerprint density at radius 1 is 1.14 bits per heavy atom. The Balaban J connectivity index is 0.00000392. The Morgan fingerprint density at radius 3 is 2.54 bits per heavy atom. The summed E-state index contributed by atoms with van der Waals surface area (Å²) in [6.45, 7) is 6.46. The molecule has 0 spiro atoms. The lowest BCUT2D eigenvalue weighted by Gasteiger charge is -2.13. The smallest absolute Gasteiger partial charge is 0.191 e. The van der Waals surface area contributed by atoms with Crippen LogP contribution in [0.3, 0.4) is 0 Å². The lowest BCUT2D eigenvalue weighted by Crippen LogP contribution is -2.40. The Kier molecular flexibility index (Phi) is 10.8. The topological polar surface area (TPSA) is 85.6 Å². The number of benzene rings is 1. The summed E-state index contributed by atoms with van der Waals surface area (Å²) >= 11 is 0. The van der Waals surface area contributed by atoms with Crippen LogP contribution in [0.4, 0.5) is 0 Å². The normalized spacial score (nSPS) is 11.1. The molecule has 0 radical (unpaired) electrons. The second-order valence-electron chi connectivity index (χ2n) is 6.29. The van der Waals surface area contributed by atoms with Gasteiger partial charge in [0.1, 0.15) is 18.1 Å². The van der Waals surface area contributed by atoms with Gasteiger partial charge in [0.05, 0.1) is 13.7 Å². The van der Waals surface area contributed by atoms with Crippen LogP contribution in [0.15, 0.2) is 23.2 Å². The molecule has 2 rings (SSSR count). The summed E-state index contributed by atoms with van der Waals surface area (Å²) in [6, 6.07) is 6.28. The second-order valence-corrected chi connectivity index (χ2v) is 6.29. The molecule has 28 heavy (non-hydrogen) atoms. The molecule has 0 bridgehead atoms. The number of nitrogens with zero attached hydrogens (tertiary/aromatic N) is 4. The molecule has 2 aromatic rings. The van der Waals surface area contributed by atoms with Crippen LogP contribution in [0, 0.1) is 13.8 Å². The average Bonchev–Trinajstić information content (AvgIpc) is 2.99. The van der Waals surface area contributed by atoms with Crippen LogP contribution < -0.4 is 15.4 Å². The predicted molar refractivity (Wildman–Crippen MR) is 122 cm³/mol. The van der Waals surface area contributed by atoms with E-state index in [9.17, 15) is 0 Å². The van der Waals surface area contributed by atoms with Gasteiger partial charge < -0.3 is 24.7 Å². The van der Waals surface area contributed by atoms with E-state index < -0.39 is 0 Å². The van der Waals surface area contributed by atoms with E-state index >= 15 is 0 Å². The van der Waals surface area contributed by atoms with Gasteiger partial charge in [0, 0.05) is 27.2 Å². The first-order valence-corrected chi connectivity index (χ1v) is 9.04. The van der Waals surface area contributed by atoms with Crippen molar-refractivity contribution in [2.24, 2.45) is 12.0 Å². The van der Waals surface area contributed by atoms with Crippen LogP contribution in [-0.2, 0) is 24.8 Å². The van der Waals surface area contributed by atoms with Crippen molar-refractivity contribution in [1.82, 2.24) is 25.4 Å². The van der Waals surface area contributed by atoms with Gasteiger partial charge in [-0.2, -0.15) is 0 Å². The van der Waals surface area contributed by atoms with Crippen molar-refractivity contribution in [3.05, 3.63) is 41.0 Å². The van der Waals surface area contributed by atoms with Gasteiger partial charge in [0.2, 0.25) is 0 Å². The van der Waals surface area contributed by atoms with Crippen molar-refractivity contribution in [1.29, 1.82) is 0 Å². The molecular weight excluding hydrogens is 471 g/mol. The highest BCUT2D eigenvalue weighted by atomic mass is 127. The number of ether oxygens (including phenoxy) is 2. The summed E-state index contributed by atoms with van der Waals surface area (Å²) < 4.78 is 12.4. The number of nitrogens with one attached hydrogen (secondary N) is 2. The first-order chi connectivity index (χ1) is 13.0. The van der Waals surface area contributed by atoms with Gasteiger partial charge in [-0.05, 0) is 37.5 Å². The number of aromatic nitrogens is 3. The fraction of sp³-hybridized carbons (Fsp3) is 0.526. The molecule has 0 unspecified atom stereocenters. The third-order valence-corrected chi connectivity index (χ3v) is 4.34. The zero-order valence-electron chi connectivity index (χ0n) is 17.3. The highest BCUT2D eigenvalue weighted by Gasteiger charge is 2.06. The number of hydrogen-bond donors (Lipinski definition) is 2. The number of halogens is 1. The number of aryl methyl sites for hydroxylation is 2. The minimum atomic E-state index is 0. The molecule has 0 aliphatic heterocycles. The molecule has 2 N–H and O–H groups in total. The predicted octanol–water partition coefficient (Wildman–Crippen LogP) is 1.98. The zero-order chi connectivity index (χ0) is 19.6. The molecule has 0 aliphatic rings. The van der Waals surface area contributed by atoms with Crippen molar-refractivity contribution >= 4 is 29.9 Å². The summed E-state index contributed by atoms with van der Waals surface area (Å²) in [4.78, 5) is 4.61. The molecule has 0 atom stereocenters. The van der Waals surface area contributed by atoms with Crippen molar-refractivity contribution in [2.75, 3.05) is 33.9 Å². The highest BCUT2D eigenvalue weighted by molar-refractivity contribution is 14.0. The van der Waals surface area contributed by atoms with Crippen molar-refractivity contribution < 1.29 is 9.47 Å². The fourth-order valence-corrected chi connectivity index (χ4v) is 2.53. The van der Waals surface area contributed by atoms with E-state index in [0.29, 0.717) is 19.7 Å². The van der Waals surface area contributed by atoms with Crippen molar-refractivity contribution in [2.45, 2.75) is 26.8 Å². The summed E-state index contributed by atoms with van der Waals surface area (Å²) in [7, 11) is 5.32. The van der Waals surface area contributed by atoms with E-state index in [1.165, 1.54) is 5.56 Å². The summed E-state index contributed by atoms with van der Waals surface area (Å²) in [5.74, 6) is 3.34. The maximum absolute atomic E-state index is 5.39. The average molecular weight is 502 g/mol. The molecule has 0 aliphatic carbocycles. The van der Waals surface area contributed by atoms with E-state index in [-0.39, 0.29) is 24.0 Å². The van der Waals surface area contributed by atoms with Gasteiger partial charge in [-0.3, -0.25) is 0 Å². The SMILES string of the molecule is COCCNC(=NCc1nnc(C)n1C)NCCc1ccc(C)c(OC)c1.I. The Morgan fingerprint density at radius 2 is 1.89 bits per heavy atom. The summed E-state index contributed by atoms with van der Waals surface area (Å²) in [5, 5.41) is 14.8. The third kappa shape index (κ3) is 7.27. The van der Waals surface area contributed by atoms with Crippen LogP contribution in [0.1, 0.15) is 22.8 Å². The van der Waals surface area contributed by atoms with E-state index in [1.807, 2.05) is 25.5 Å². The fourth-order valence-electron chi connectivity index (χ4n) is 2.53. The number of aliphatic imine (C=N–C) groups is 1. The van der Waals surface area contributed by atoms with Crippen LogP contribution in [0.2, 0.25) is 0 Å². The maximum Gasteiger partial charge on any atom is 0.191 e. The molecule has 0 saturated carbocycles. The van der Waals surface area contributed by atoms with Crippen molar-refractivity contribution in [3.63, 3.8) is 0 Å². The first-order valence-electron chi connectivity index (χ1n) is 9.04. The Bertz CT molecular complexity index is 763. The highest BCUT2D eigenvalue weighted by Crippen LogP contribution is 2.18. The van der Waals surface area contributed by atoms with Crippen molar-refractivity contribution in [3.8, 4) is 5.75 Å². The number of methoxy groups -OCH3 is 2. The molecule has 0 saturated heterocycles. The van der Waals surface area contributed by atoms with Gasteiger partial charge in [0.15, 0.2) is 11.8 Å². The molecule has 0 fully saturated rings. The largest absolute Gasteiger partial charge is 0.496 e. The van der Waals surface area contributed by atoms with Crippen LogP contribution >= 0.6 is 24.0 Å². The van der Waals surface area contributed by atoms with Gasteiger partial charge in [-0.15, -0.1) is 34.2 Å². The standard InChI is InChI=1S/C19H30N6O2.HI/c1-14-6-7-16(12-17(14)27-5)8-9-20-19(21-10-11-26-4)22-13-18-24-23-15(2)25(18)3;/h6-7,12H,8-11,13H2,1-5H3,(H2,20,21,22);1H. The van der Waals surface area contributed by atoms with Gasteiger partial charge in [0.25, 0.3) is 0 Å². The van der Waals surface area contributed by atoms with E-state index in [0.717, 1.165) is 41.9 Å². The number of guanidine groups is 1. The molecule has 0 amide bonds. The van der Waals surface area contributed by atoms with Gasteiger partial charge in [-0.1, -0.05) is 12.1 Å². The molecule has 1 heterocycles. The third-order valence-electron chi connectivity index (χ3n) is 4.34. The lowest BCUT2D eigenvalue weighted by molar-refractivity contribution is 0.203. The maximum atomic E-state index is 5.39. The Hall–Kier alpha value is -1.88. The minimum absolute atomic E-state index is 0. The quantitative estimate of drug-likeness (QED) is 0.236. The van der Waals surface area contributed by atoms with E-state index in [1.54, 1.807) is 14.2 Å². The molecule has 9 heteroatoms. The van der Waals surface area contributed by atoms with Crippen LogP contribution in [-0.4, -0.2) is 54.6 Å². The Labute approximate surface area is 184 Å². The molecule has 1 aromatic carbocycles. The second kappa shape index (κ2) is 12.6. The summed E-state index contributed by atoms with van der Waals surface area (Å²) in [5.41, 5.74) is 2.35. The minimum Gasteiger partial charge on any atom is -0.496 e. The zero-order valence-corrected chi connectivity index (χ0v) is 19.6. The van der Waals surface area contributed by atoms with Crippen LogP contribution in [0.5, 0.6) is 5.75 Å². The monoisotopic (exact) mass is 502 g/mol. The molecular formula is C19H31IN6O2. The lowest BCUT2D eigenvalue weighted by atomic mass is 10.1.